The molecule has 0 unspecified atom stereocenters. The van der Waals surface area contributed by atoms with E-state index in [0.29, 0.717) is 0 Å². The van der Waals surface area contributed by atoms with Gasteiger partial charge in [-0.05, 0) is 70.6 Å². The summed E-state index contributed by atoms with van der Waals surface area (Å²) in [7, 11) is 4.22. The largest absolute Gasteiger partial charge is 0.305 e. The molecule has 142 valence electrons. The van der Waals surface area contributed by atoms with Crippen LogP contribution < -0.4 is 0 Å². The van der Waals surface area contributed by atoms with E-state index in [1.54, 1.807) is 0 Å². The SMILES string of the molecule is CN(C)Cc1ccc(-c2cccc3c2Cc2c(-c4ccccc4)cccc2-3)cc1. The van der Waals surface area contributed by atoms with Crippen LogP contribution in [0.2, 0.25) is 0 Å². The Labute approximate surface area is 173 Å². The highest BCUT2D eigenvalue weighted by molar-refractivity contribution is 5.89. The average molecular weight is 376 g/mol. The smallest absolute Gasteiger partial charge is 0.0227 e. The summed E-state index contributed by atoms with van der Waals surface area (Å²) in [6, 6.07) is 33.3. The Hall–Kier alpha value is -3.16. The van der Waals surface area contributed by atoms with Crippen molar-refractivity contribution >= 4 is 0 Å². The normalized spacial score (nSPS) is 12.1. The second kappa shape index (κ2) is 7.35. The number of nitrogens with zero attached hydrogens (tertiary/aromatic N) is 1. The molecule has 0 saturated heterocycles. The summed E-state index contributed by atoms with van der Waals surface area (Å²) in [6.07, 6.45) is 0.991. The first kappa shape index (κ1) is 17.9. The monoisotopic (exact) mass is 375 g/mol. The molecule has 4 aromatic carbocycles. The summed E-state index contributed by atoms with van der Waals surface area (Å²) in [5.74, 6) is 0. The molecule has 0 N–H and O–H groups in total. The molecule has 5 rings (SSSR count). The van der Waals surface area contributed by atoms with Crippen molar-refractivity contribution < 1.29 is 0 Å². The third-order valence-corrected chi connectivity index (χ3v) is 5.84. The second-order valence-corrected chi connectivity index (χ2v) is 8.14. The van der Waals surface area contributed by atoms with Gasteiger partial charge in [0.1, 0.15) is 0 Å². The maximum absolute atomic E-state index is 2.28. The first-order valence-corrected chi connectivity index (χ1v) is 10.2. The number of benzene rings is 4. The first-order chi connectivity index (χ1) is 14.2. The van der Waals surface area contributed by atoms with E-state index in [2.05, 4.69) is 110 Å². The molecule has 1 heteroatoms. The van der Waals surface area contributed by atoms with Gasteiger partial charge in [0.25, 0.3) is 0 Å². The van der Waals surface area contributed by atoms with Gasteiger partial charge in [0, 0.05) is 6.54 Å². The molecule has 0 heterocycles. The number of hydrogen-bond donors (Lipinski definition) is 0. The summed E-state index contributed by atoms with van der Waals surface area (Å²) in [6.45, 7) is 0.971. The second-order valence-electron chi connectivity index (χ2n) is 8.14. The summed E-state index contributed by atoms with van der Waals surface area (Å²) in [4.78, 5) is 2.21. The molecule has 1 aliphatic carbocycles. The fraction of sp³-hybridized carbons (Fsp3) is 0.143. The fourth-order valence-electron chi connectivity index (χ4n) is 4.55. The van der Waals surface area contributed by atoms with Gasteiger partial charge in [-0.3, -0.25) is 0 Å². The predicted molar refractivity (Wildman–Crippen MR) is 123 cm³/mol. The molecule has 0 aliphatic heterocycles. The van der Waals surface area contributed by atoms with E-state index < -0.39 is 0 Å². The van der Waals surface area contributed by atoms with Gasteiger partial charge in [-0.15, -0.1) is 0 Å². The lowest BCUT2D eigenvalue weighted by Crippen LogP contribution is -2.10. The molecule has 0 fully saturated rings. The van der Waals surface area contributed by atoms with Gasteiger partial charge in [-0.25, -0.2) is 0 Å². The minimum absolute atomic E-state index is 0.971. The van der Waals surface area contributed by atoms with Crippen LogP contribution in [0.15, 0.2) is 91.0 Å². The lowest BCUT2D eigenvalue weighted by atomic mass is 9.95. The molecule has 1 nitrogen and oxygen atoms in total. The van der Waals surface area contributed by atoms with Gasteiger partial charge in [0.2, 0.25) is 0 Å². The summed E-state index contributed by atoms with van der Waals surface area (Å²) in [5.41, 5.74) is 12.3. The van der Waals surface area contributed by atoms with Gasteiger partial charge in [-0.1, -0.05) is 91.0 Å². The molecule has 0 aromatic heterocycles. The molecule has 0 saturated carbocycles. The zero-order chi connectivity index (χ0) is 19.8. The van der Waals surface area contributed by atoms with Crippen LogP contribution in [0, 0.1) is 0 Å². The summed E-state index contributed by atoms with van der Waals surface area (Å²) in [5, 5.41) is 0. The van der Waals surface area contributed by atoms with Crippen molar-refractivity contribution in [1.29, 1.82) is 0 Å². The fourth-order valence-corrected chi connectivity index (χ4v) is 4.55. The minimum atomic E-state index is 0.971. The quantitative estimate of drug-likeness (QED) is 0.340. The van der Waals surface area contributed by atoms with Crippen molar-refractivity contribution in [2.45, 2.75) is 13.0 Å². The average Bonchev–Trinajstić information content (AvgIpc) is 3.13. The Bertz CT molecular complexity index is 1150. The van der Waals surface area contributed by atoms with Crippen molar-refractivity contribution in [3.8, 4) is 33.4 Å². The highest BCUT2D eigenvalue weighted by Crippen LogP contribution is 2.45. The van der Waals surface area contributed by atoms with Crippen molar-refractivity contribution in [3.05, 3.63) is 108 Å². The van der Waals surface area contributed by atoms with Crippen LogP contribution in [0.3, 0.4) is 0 Å². The van der Waals surface area contributed by atoms with Crippen molar-refractivity contribution in [2.75, 3.05) is 14.1 Å². The molecule has 0 atom stereocenters. The van der Waals surface area contributed by atoms with E-state index in [-0.39, 0.29) is 0 Å². The summed E-state index contributed by atoms with van der Waals surface area (Å²) < 4.78 is 0. The maximum Gasteiger partial charge on any atom is 0.0227 e. The zero-order valence-electron chi connectivity index (χ0n) is 17.0. The molecule has 1 aliphatic rings. The van der Waals surface area contributed by atoms with E-state index in [1.807, 2.05) is 0 Å². The van der Waals surface area contributed by atoms with Crippen molar-refractivity contribution in [3.63, 3.8) is 0 Å². The van der Waals surface area contributed by atoms with Crippen LogP contribution in [-0.4, -0.2) is 19.0 Å². The standard InChI is InChI=1S/C28H25N/c1-29(2)19-20-14-16-22(17-15-20)24-11-7-13-26-25-12-6-10-23(27(25)18-28(24)26)21-8-4-3-5-9-21/h3-17H,18-19H2,1-2H3. The Kier molecular flexibility index (Phi) is 4.54. The molecule has 4 aromatic rings. The molecule has 0 amide bonds. The molecule has 29 heavy (non-hydrogen) atoms. The van der Waals surface area contributed by atoms with Gasteiger partial charge >= 0.3 is 0 Å². The molecular formula is C28H25N. The Morgan fingerprint density at radius 2 is 1.07 bits per heavy atom. The lowest BCUT2D eigenvalue weighted by molar-refractivity contribution is 0.402. The van der Waals surface area contributed by atoms with Crippen LogP contribution in [0.25, 0.3) is 33.4 Å². The topological polar surface area (TPSA) is 3.24 Å². The van der Waals surface area contributed by atoms with Crippen LogP contribution >= 0.6 is 0 Å². The summed E-state index contributed by atoms with van der Waals surface area (Å²) >= 11 is 0. The number of hydrogen-bond acceptors (Lipinski definition) is 1. The Morgan fingerprint density at radius 3 is 1.62 bits per heavy atom. The van der Waals surface area contributed by atoms with E-state index in [1.165, 1.54) is 50.1 Å². The lowest BCUT2D eigenvalue weighted by Gasteiger charge is -2.12. The van der Waals surface area contributed by atoms with E-state index >= 15 is 0 Å². The van der Waals surface area contributed by atoms with Crippen LogP contribution in [0.5, 0.6) is 0 Å². The van der Waals surface area contributed by atoms with Crippen LogP contribution in [-0.2, 0) is 13.0 Å². The van der Waals surface area contributed by atoms with Crippen LogP contribution in [0.4, 0.5) is 0 Å². The van der Waals surface area contributed by atoms with Crippen LogP contribution in [0.1, 0.15) is 16.7 Å². The first-order valence-electron chi connectivity index (χ1n) is 10.2. The molecule has 0 radical (unpaired) electrons. The van der Waals surface area contributed by atoms with E-state index in [9.17, 15) is 0 Å². The molecular weight excluding hydrogens is 350 g/mol. The third-order valence-electron chi connectivity index (χ3n) is 5.84. The third kappa shape index (κ3) is 3.28. The zero-order valence-corrected chi connectivity index (χ0v) is 17.0. The number of rotatable bonds is 4. The Balaban J connectivity index is 1.57. The minimum Gasteiger partial charge on any atom is -0.305 e. The van der Waals surface area contributed by atoms with E-state index in [0.717, 1.165) is 13.0 Å². The van der Waals surface area contributed by atoms with Crippen molar-refractivity contribution in [1.82, 2.24) is 4.90 Å². The maximum atomic E-state index is 2.28. The van der Waals surface area contributed by atoms with Crippen molar-refractivity contribution in [2.24, 2.45) is 0 Å². The highest BCUT2D eigenvalue weighted by atomic mass is 15.0. The predicted octanol–water partition coefficient (Wildman–Crippen LogP) is 6.65. The molecule has 0 bridgehead atoms. The number of fused-ring (bicyclic) bond motifs is 3. The highest BCUT2D eigenvalue weighted by Gasteiger charge is 2.24. The van der Waals surface area contributed by atoms with Gasteiger partial charge < -0.3 is 4.90 Å². The molecule has 0 spiro atoms. The van der Waals surface area contributed by atoms with Gasteiger partial charge in [0.15, 0.2) is 0 Å². The van der Waals surface area contributed by atoms with Gasteiger partial charge in [-0.2, -0.15) is 0 Å². The Morgan fingerprint density at radius 1 is 0.552 bits per heavy atom. The van der Waals surface area contributed by atoms with Gasteiger partial charge in [0.05, 0.1) is 0 Å². The van der Waals surface area contributed by atoms with E-state index in [4.69, 9.17) is 0 Å².